The molecule has 1 aromatic heterocycles. The molecule has 0 aliphatic heterocycles. The van der Waals surface area contributed by atoms with Gasteiger partial charge < -0.3 is 15.4 Å². The van der Waals surface area contributed by atoms with Gasteiger partial charge in [-0.2, -0.15) is 0 Å². The molecule has 6 heteroatoms. The van der Waals surface area contributed by atoms with E-state index in [1.54, 1.807) is 6.07 Å². The van der Waals surface area contributed by atoms with E-state index in [2.05, 4.69) is 28.5 Å². The number of pyridine rings is 1. The Balaban J connectivity index is 1.96. The number of H-pyrrole nitrogens is 1. The van der Waals surface area contributed by atoms with E-state index >= 15 is 0 Å². The Morgan fingerprint density at radius 3 is 2.41 bits per heavy atom. The highest BCUT2D eigenvalue weighted by Crippen LogP contribution is 2.17. The summed E-state index contributed by atoms with van der Waals surface area (Å²) in [7, 11) is 0. The van der Waals surface area contributed by atoms with Gasteiger partial charge in [-0.1, -0.05) is 35.4 Å². The number of carboxylic acid groups (broad SMARTS) is 1. The second-order valence-electron chi connectivity index (χ2n) is 6.66. The summed E-state index contributed by atoms with van der Waals surface area (Å²) in [6, 6.07) is 11.9. The van der Waals surface area contributed by atoms with Gasteiger partial charge in [-0.05, 0) is 43.5 Å². The highest BCUT2D eigenvalue weighted by atomic mass is 16.4. The van der Waals surface area contributed by atoms with Gasteiger partial charge in [0.05, 0.1) is 0 Å². The summed E-state index contributed by atoms with van der Waals surface area (Å²) in [6.07, 6.45) is 1.98. The van der Waals surface area contributed by atoms with Crippen molar-refractivity contribution in [3.05, 3.63) is 80.6 Å². The van der Waals surface area contributed by atoms with E-state index < -0.39 is 23.9 Å². The molecule has 0 aliphatic rings. The van der Waals surface area contributed by atoms with E-state index in [0.29, 0.717) is 17.3 Å². The van der Waals surface area contributed by atoms with Gasteiger partial charge in [0.2, 0.25) is 5.43 Å². The molecule has 3 N–H and O–H groups in total. The number of hydrogen-bond acceptors (Lipinski definition) is 3. The van der Waals surface area contributed by atoms with Gasteiger partial charge >= 0.3 is 5.97 Å². The van der Waals surface area contributed by atoms with Crippen LogP contribution in [0, 0.1) is 13.8 Å². The lowest BCUT2D eigenvalue weighted by atomic mass is 9.99. The molecule has 0 fully saturated rings. The van der Waals surface area contributed by atoms with Crippen LogP contribution in [0.1, 0.15) is 32.6 Å². The number of benzene rings is 2. The maximum atomic E-state index is 12.7. The zero-order valence-corrected chi connectivity index (χ0v) is 15.1. The number of aryl methyl sites for hydroxylation is 2. The molecule has 3 aromatic rings. The van der Waals surface area contributed by atoms with Crippen molar-refractivity contribution in [3.8, 4) is 0 Å². The van der Waals surface area contributed by atoms with Crippen LogP contribution in [-0.2, 0) is 11.2 Å². The summed E-state index contributed by atoms with van der Waals surface area (Å²) in [4.78, 5) is 38.3. The Labute approximate surface area is 155 Å². The number of nitrogens with one attached hydrogen (secondary N) is 2. The van der Waals surface area contributed by atoms with Crippen LogP contribution in [-0.4, -0.2) is 28.5 Å². The van der Waals surface area contributed by atoms with Crippen LogP contribution in [0.2, 0.25) is 0 Å². The summed E-state index contributed by atoms with van der Waals surface area (Å²) in [5.41, 5.74) is 4.57. The van der Waals surface area contributed by atoms with Crippen molar-refractivity contribution < 1.29 is 14.7 Å². The molecule has 0 atom stereocenters. The molecule has 1 amide bonds. The topological polar surface area (TPSA) is 99.3 Å². The first-order valence-corrected chi connectivity index (χ1v) is 8.55. The lowest BCUT2D eigenvalue weighted by molar-refractivity contribution is -0.135. The fourth-order valence-corrected chi connectivity index (χ4v) is 3.20. The molecule has 0 aliphatic carbocycles. The van der Waals surface area contributed by atoms with Gasteiger partial charge in [0, 0.05) is 17.1 Å². The Kier molecular flexibility index (Phi) is 5.07. The monoisotopic (exact) mass is 364 g/mol. The molecule has 3 rings (SSSR count). The second-order valence-corrected chi connectivity index (χ2v) is 6.66. The standard InChI is InChI=1S/C21H20N2O4/c1-12-5-13(2)7-15(6-12)8-14-3-4-18-16(9-14)20(26)17(10-22-18)21(27)23-11-19(24)25/h3-7,9-10H,8,11H2,1-2H3,(H,22,26)(H,23,27)(H,24,25). The number of aliphatic carboxylic acids is 1. The fraction of sp³-hybridized carbons (Fsp3) is 0.190. The number of rotatable bonds is 5. The summed E-state index contributed by atoms with van der Waals surface area (Å²) < 4.78 is 0. The van der Waals surface area contributed by atoms with Crippen LogP contribution in [0.15, 0.2) is 47.4 Å². The summed E-state index contributed by atoms with van der Waals surface area (Å²) >= 11 is 0. The molecule has 0 spiro atoms. The number of carbonyl (C=O) groups excluding carboxylic acids is 1. The van der Waals surface area contributed by atoms with E-state index in [-0.39, 0.29) is 5.56 Å². The van der Waals surface area contributed by atoms with Crippen molar-refractivity contribution in [1.29, 1.82) is 0 Å². The maximum Gasteiger partial charge on any atom is 0.322 e. The van der Waals surface area contributed by atoms with Crippen LogP contribution in [0.3, 0.4) is 0 Å². The molecule has 0 radical (unpaired) electrons. The van der Waals surface area contributed by atoms with Gasteiger partial charge in [-0.25, -0.2) is 0 Å². The molecule has 6 nitrogen and oxygen atoms in total. The predicted molar refractivity (Wildman–Crippen MR) is 103 cm³/mol. The molecule has 2 aromatic carbocycles. The van der Waals surface area contributed by atoms with Crippen LogP contribution >= 0.6 is 0 Å². The van der Waals surface area contributed by atoms with Gasteiger partial charge in [0.1, 0.15) is 12.1 Å². The Hall–Kier alpha value is -3.41. The lowest BCUT2D eigenvalue weighted by Crippen LogP contribution is -2.32. The van der Waals surface area contributed by atoms with Crippen molar-refractivity contribution in [2.45, 2.75) is 20.3 Å². The minimum atomic E-state index is -1.17. The minimum absolute atomic E-state index is 0.104. The smallest absolute Gasteiger partial charge is 0.322 e. The fourth-order valence-electron chi connectivity index (χ4n) is 3.20. The highest BCUT2D eigenvalue weighted by molar-refractivity contribution is 5.98. The Morgan fingerprint density at radius 2 is 1.74 bits per heavy atom. The molecule has 27 heavy (non-hydrogen) atoms. The first-order valence-electron chi connectivity index (χ1n) is 8.55. The zero-order valence-electron chi connectivity index (χ0n) is 15.1. The number of fused-ring (bicyclic) bond motifs is 1. The summed E-state index contributed by atoms with van der Waals surface area (Å²) in [5, 5.41) is 11.3. The summed E-state index contributed by atoms with van der Waals surface area (Å²) in [5.74, 6) is -1.88. The molecular weight excluding hydrogens is 344 g/mol. The molecule has 0 saturated heterocycles. The molecule has 1 heterocycles. The summed E-state index contributed by atoms with van der Waals surface area (Å²) in [6.45, 7) is 3.55. The van der Waals surface area contributed by atoms with Gasteiger partial charge in [0.25, 0.3) is 5.91 Å². The third-order valence-electron chi connectivity index (χ3n) is 4.28. The van der Waals surface area contributed by atoms with Crippen LogP contribution in [0.5, 0.6) is 0 Å². The maximum absolute atomic E-state index is 12.7. The second kappa shape index (κ2) is 7.45. The Morgan fingerprint density at radius 1 is 1.04 bits per heavy atom. The van der Waals surface area contributed by atoms with Gasteiger partial charge in [-0.15, -0.1) is 0 Å². The third kappa shape index (κ3) is 4.23. The number of amides is 1. The van der Waals surface area contributed by atoms with Gasteiger partial charge in [-0.3, -0.25) is 14.4 Å². The zero-order chi connectivity index (χ0) is 19.6. The predicted octanol–water partition coefficient (Wildman–Crippen LogP) is 2.55. The first kappa shape index (κ1) is 18.4. The first-order chi connectivity index (χ1) is 12.8. The normalized spacial score (nSPS) is 10.7. The number of hydrogen-bond donors (Lipinski definition) is 3. The molecular formula is C21H20N2O4. The number of aromatic amines is 1. The van der Waals surface area contributed by atoms with Crippen LogP contribution in [0.25, 0.3) is 10.9 Å². The van der Waals surface area contributed by atoms with E-state index in [1.165, 1.54) is 17.3 Å². The number of carbonyl (C=O) groups is 2. The van der Waals surface area contributed by atoms with Crippen LogP contribution < -0.4 is 10.7 Å². The van der Waals surface area contributed by atoms with Crippen molar-refractivity contribution >= 4 is 22.8 Å². The largest absolute Gasteiger partial charge is 0.480 e. The average Bonchev–Trinajstić information content (AvgIpc) is 2.59. The van der Waals surface area contributed by atoms with E-state index in [9.17, 15) is 14.4 Å². The lowest BCUT2D eigenvalue weighted by Gasteiger charge is -2.08. The quantitative estimate of drug-likeness (QED) is 0.648. The molecule has 0 bridgehead atoms. The van der Waals surface area contributed by atoms with Crippen molar-refractivity contribution in [1.82, 2.24) is 10.3 Å². The number of carboxylic acids is 1. The molecule has 138 valence electrons. The highest BCUT2D eigenvalue weighted by Gasteiger charge is 2.14. The third-order valence-corrected chi connectivity index (χ3v) is 4.28. The van der Waals surface area contributed by atoms with Crippen molar-refractivity contribution in [2.75, 3.05) is 6.54 Å². The average molecular weight is 364 g/mol. The molecule has 0 saturated carbocycles. The molecule has 0 unspecified atom stereocenters. The van der Waals surface area contributed by atoms with E-state index in [4.69, 9.17) is 5.11 Å². The van der Waals surface area contributed by atoms with Crippen molar-refractivity contribution in [2.24, 2.45) is 0 Å². The Bertz CT molecular complexity index is 1080. The van der Waals surface area contributed by atoms with Crippen molar-refractivity contribution in [3.63, 3.8) is 0 Å². The number of aromatic nitrogens is 1. The van der Waals surface area contributed by atoms with E-state index in [0.717, 1.165) is 11.1 Å². The van der Waals surface area contributed by atoms with Crippen LogP contribution in [0.4, 0.5) is 0 Å². The minimum Gasteiger partial charge on any atom is -0.480 e. The SMILES string of the molecule is Cc1cc(C)cc(Cc2ccc3[nH]cc(C(=O)NCC(=O)O)c(=O)c3c2)c1. The van der Waals surface area contributed by atoms with Gasteiger partial charge in [0.15, 0.2) is 0 Å². The van der Waals surface area contributed by atoms with E-state index in [1.807, 2.05) is 26.0 Å².